The van der Waals surface area contributed by atoms with Crippen LogP contribution in [0.3, 0.4) is 0 Å². The Morgan fingerprint density at radius 3 is 1.16 bits per heavy atom. The summed E-state index contributed by atoms with van der Waals surface area (Å²) in [5.41, 5.74) is 16.7. The van der Waals surface area contributed by atoms with E-state index >= 15 is 0 Å². The van der Waals surface area contributed by atoms with Crippen LogP contribution in [0.1, 0.15) is 11.1 Å². The highest BCUT2D eigenvalue weighted by atomic mass is 35.7. The van der Waals surface area contributed by atoms with Gasteiger partial charge in [-0.25, -0.2) is 82.6 Å². The molecule has 0 saturated carbocycles. The van der Waals surface area contributed by atoms with Crippen LogP contribution in [0.15, 0.2) is 280 Å². The molecule has 0 atom stereocenters. The van der Waals surface area contributed by atoms with Gasteiger partial charge in [-0.05, 0) is 102 Å². The van der Waals surface area contributed by atoms with E-state index in [0.29, 0.717) is 52.7 Å². The Hall–Kier alpha value is -10.9. The lowest BCUT2D eigenvalue weighted by atomic mass is 10.1. The van der Waals surface area contributed by atoms with E-state index in [0.717, 1.165) is 45.8 Å². The summed E-state index contributed by atoms with van der Waals surface area (Å²) in [6.45, 7) is 0.949. The largest absolute Gasteiger partial charge is 0.488 e. The molecule has 0 aliphatic heterocycles. The quantitative estimate of drug-likeness (QED) is 0.0138. The first-order valence-electron chi connectivity index (χ1n) is 28.1. The molecule has 0 aliphatic rings. The highest BCUT2D eigenvalue weighted by molar-refractivity contribution is 8.13. The number of ether oxygens (including phenoxy) is 2. The van der Waals surface area contributed by atoms with Gasteiger partial charge in [-0.2, -0.15) is 0 Å². The summed E-state index contributed by atoms with van der Waals surface area (Å²) in [7, 11) is -13.8. The van der Waals surface area contributed by atoms with Crippen molar-refractivity contribution in [3.05, 3.63) is 292 Å². The van der Waals surface area contributed by atoms with Crippen molar-refractivity contribution in [2.45, 2.75) is 37.7 Å². The Bertz CT molecular complexity index is 5090. The van der Waals surface area contributed by atoms with Crippen LogP contribution in [-0.2, 0) is 62.4 Å². The first kappa shape index (κ1) is 80.7. The van der Waals surface area contributed by atoms with Crippen LogP contribution >= 0.6 is 22.3 Å². The fourth-order valence-electron chi connectivity index (χ4n) is 7.94. The molecule has 30 nitrogen and oxygen atoms in total. The third-order valence-electron chi connectivity index (χ3n) is 12.6. The van der Waals surface area contributed by atoms with Crippen molar-refractivity contribution in [3.8, 4) is 34.0 Å². The summed E-state index contributed by atoms with van der Waals surface area (Å²) in [6, 6.07) is 65.9. The minimum atomic E-state index is -3.89. The van der Waals surface area contributed by atoms with E-state index in [1.54, 1.807) is 36.4 Å². The van der Waals surface area contributed by atoms with Crippen LogP contribution < -0.4 is 53.0 Å². The van der Waals surface area contributed by atoms with E-state index in [4.69, 9.17) is 63.8 Å². The molecule has 0 spiro atoms. The molecule has 0 saturated heterocycles. The van der Waals surface area contributed by atoms with E-state index < -0.39 is 59.0 Å². The van der Waals surface area contributed by atoms with Crippen LogP contribution in [0.4, 0.5) is 34.3 Å². The van der Waals surface area contributed by atoms with Crippen LogP contribution in [0.2, 0.25) is 5.15 Å². The number of non-ortho nitro benzene ring substituents is 2. The van der Waals surface area contributed by atoms with Gasteiger partial charge in [-0.1, -0.05) is 127 Å². The van der Waals surface area contributed by atoms with Crippen molar-refractivity contribution in [3.63, 3.8) is 0 Å². The Balaban J connectivity index is 0.000000230. The molecule has 16 N–H and O–H groups in total. The maximum Gasteiger partial charge on any atom is 0.270 e. The average Bonchev–Trinajstić information content (AvgIpc) is 0.843. The lowest BCUT2D eigenvalue weighted by Gasteiger charge is -2.12. The van der Waals surface area contributed by atoms with Crippen molar-refractivity contribution in [1.29, 1.82) is 0 Å². The van der Waals surface area contributed by atoms with Gasteiger partial charge >= 0.3 is 0 Å². The lowest BCUT2D eigenvalue weighted by Crippen LogP contribution is -2.12. The highest BCUT2D eigenvalue weighted by Crippen LogP contribution is 2.32. The Morgan fingerprint density at radius 2 is 0.762 bits per heavy atom. The average molecular weight is 1510 g/mol. The number of nitrogen functional groups attached to an aromatic ring is 2. The summed E-state index contributed by atoms with van der Waals surface area (Å²) in [5, 5.41) is 43.7. The number of aromatic nitrogens is 4. The number of nitrogens with one attached hydrogen (secondary N) is 1. The number of nitrogens with zero attached hydrogens (tertiary/aromatic N) is 6. The summed E-state index contributed by atoms with van der Waals surface area (Å²) in [6.07, 6.45) is 2.89. The molecule has 2 heterocycles. The topological polar surface area (TPSA) is 530 Å². The predicted octanol–water partition coefficient (Wildman–Crippen LogP) is 10.2. The van der Waals surface area contributed by atoms with Gasteiger partial charge in [0.2, 0.25) is 40.1 Å². The molecule has 101 heavy (non-hydrogen) atoms. The fourth-order valence-corrected chi connectivity index (χ4v) is 11.1. The normalized spacial score (nSPS) is 10.9. The maximum absolute atomic E-state index is 11.6. The number of para-hydroxylation sites is 2. The first-order chi connectivity index (χ1) is 47.1. The number of nitrogens with two attached hydrogens (primary N) is 6. The molecule has 11 aromatic rings. The molecule has 9 aromatic carbocycles. The molecule has 37 heteroatoms. The van der Waals surface area contributed by atoms with E-state index in [1.807, 2.05) is 109 Å². The Morgan fingerprint density at radius 1 is 0.406 bits per heavy atom. The van der Waals surface area contributed by atoms with E-state index in [9.17, 15) is 62.3 Å². The van der Waals surface area contributed by atoms with Crippen molar-refractivity contribution in [2.75, 3.05) is 16.8 Å². The Labute approximate surface area is 590 Å². The van der Waals surface area contributed by atoms with Crippen LogP contribution in [-0.4, -0.2) is 71.9 Å². The first-order valence-corrected chi connectivity index (χ1v) is 37.0. The van der Waals surface area contributed by atoms with Crippen molar-refractivity contribution < 1.29 is 61.4 Å². The lowest BCUT2D eigenvalue weighted by molar-refractivity contribution is -0.385. The molecule has 0 fully saturated rings. The molecule has 0 radical (unpaired) electrons. The minimum Gasteiger partial charge on any atom is -0.488 e. The number of anilines is 4. The number of benzene rings is 9. The smallest absolute Gasteiger partial charge is 0.270 e. The molecular weight excluding hydrogens is 1450 g/mol. The number of sulfonamides is 4. The highest BCUT2D eigenvalue weighted by Gasteiger charge is 2.17. The zero-order chi connectivity index (χ0) is 73.3. The summed E-state index contributed by atoms with van der Waals surface area (Å²) in [5.74, 6) is 1.98. The van der Waals surface area contributed by atoms with Gasteiger partial charge in [-0.3, -0.25) is 20.2 Å². The van der Waals surface area contributed by atoms with Gasteiger partial charge in [-0.15, -0.1) is 0 Å². The van der Waals surface area contributed by atoms with Gasteiger partial charge < -0.3 is 32.4 Å². The van der Waals surface area contributed by atoms with Crippen molar-refractivity contribution >= 4 is 106 Å². The zero-order valence-electron chi connectivity index (χ0n) is 52.3. The van der Waals surface area contributed by atoms with Gasteiger partial charge in [0.1, 0.15) is 48.3 Å². The molecule has 0 aliphatic carbocycles. The summed E-state index contributed by atoms with van der Waals surface area (Å²) in [4.78, 5) is 35.4. The number of nitro groups is 2. The summed E-state index contributed by atoms with van der Waals surface area (Å²) >= 11 is 5.93. The van der Waals surface area contributed by atoms with Crippen molar-refractivity contribution in [2.24, 2.45) is 20.6 Å². The molecular formula is C64H62Cl2N14O16S5. The molecule has 2 aromatic heterocycles. The molecule has 11 rings (SSSR count). The molecule has 0 bridgehead atoms. The minimum absolute atomic E-state index is 0. The van der Waals surface area contributed by atoms with Crippen LogP contribution in [0, 0.1) is 20.2 Å². The number of rotatable bonds is 17. The second-order valence-corrected chi connectivity index (χ2v) is 29.2. The third-order valence-corrected chi connectivity index (χ3v) is 17.8. The van der Waals surface area contributed by atoms with Gasteiger partial charge in [0.05, 0.1) is 45.7 Å². The standard InChI is InChI=1S/C23H20N4O3S.C17H13ClN2O.C6H4ClNO4S.C6H6N2O4S.2C6H8N2O2S.H3N/c24-31(28,29)19-10-6-9-18(13-19)27-23-14-21(25-16-26-23)20-11-4-5-12-22(20)30-15-17-7-2-1-3-8-17;18-17-10-15(19-12-20-17)14-8-4-5-9-16(14)21-11-13-6-2-1-3-7-13;2*7-13(11,12)6-3-1-2-5(4-6)8(9)10;2*7-5-2-1-3-6(4-5)11(8,9)10;/h1-14,16H,15H2,(H2,24,28,29)(H,25,26,27);1-10,12H,11H2;1-4H;1-4H,(H2,7,11,12);2*1-4H,7H2,(H2,8,9,10);1H3. The second kappa shape index (κ2) is 37.3. The predicted molar refractivity (Wildman–Crippen MR) is 383 cm³/mol. The van der Waals surface area contributed by atoms with Crippen LogP contribution in [0.25, 0.3) is 22.5 Å². The van der Waals surface area contributed by atoms with Gasteiger partial charge in [0, 0.05) is 75.3 Å². The summed E-state index contributed by atoms with van der Waals surface area (Å²) < 4.78 is 121. The number of nitro benzene ring substituents is 2. The number of halogens is 2. The maximum atomic E-state index is 11.6. The number of hydrogen-bond donors (Lipinski definition) is 8. The van der Waals surface area contributed by atoms with Crippen molar-refractivity contribution in [1.82, 2.24) is 26.1 Å². The van der Waals surface area contributed by atoms with E-state index in [2.05, 4.69) is 25.3 Å². The molecule has 0 amide bonds. The van der Waals surface area contributed by atoms with Crippen LogP contribution in [0.5, 0.6) is 11.5 Å². The fraction of sp³-hybridized carbons (Fsp3) is 0.0312. The van der Waals surface area contributed by atoms with Gasteiger partial charge in [0.25, 0.3) is 20.4 Å². The molecule has 528 valence electrons. The van der Waals surface area contributed by atoms with E-state index in [-0.39, 0.29) is 42.0 Å². The number of primary sulfonamides is 4. The molecule has 0 unspecified atom stereocenters. The third kappa shape index (κ3) is 27.4. The zero-order valence-corrected chi connectivity index (χ0v) is 57.9. The SMILES string of the molecule is Clc1cc(-c2ccccc2OCc2ccccc2)ncn1.N.NS(=O)(=O)c1cccc(Nc2cc(-c3ccccc3OCc3ccccc3)ncn2)c1.NS(=O)(=O)c1cccc([N+](=O)[O-])c1.Nc1cccc(S(N)(=O)=O)c1.Nc1cccc(S(N)(=O)=O)c1.O=[N+]([O-])c1cccc(S(=O)(=O)Cl)c1. The monoisotopic (exact) mass is 1510 g/mol. The Kier molecular flexibility index (Phi) is 29.8. The second-order valence-electron chi connectivity index (χ2n) is 20.0. The number of hydrogen-bond acceptors (Lipinski definition) is 24. The van der Waals surface area contributed by atoms with Gasteiger partial charge in [0.15, 0.2) is 0 Å². The van der Waals surface area contributed by atoms with E-state index in [1.165, 1.54) is 97.6 Å².